The predicted molar refractivity (Wildman–Crippen MR) is 122 cm³/mol. The van der Waals surface area contributed by atoms with Crippen LogP contribution in [-0.4, -0.2) is 22.4 Å². The van der Waals surface area contributed by atoms with E-state index in [-0.39, 0.29) is 16.7 Å². The van der Waals surface area contributed by atoms with E-state index >= 15 is 0 Å². The Bertz CT molecular complexity index is 1240. The van der Waals surface area contributed by atoms with Crippen molar-refractivity contribution in [2.45, 2.75) is 42.7 Å². The van der Waals surface area contributed by atoms with Gasteiger partial charge in [0.25, 0.3) is 5.56 Å². The highest BCUT2D eigenvalue weighted by Crippen LogP contribution is 2.50. The third-order valence-corrected chi connectivity index (χ3v) is 7.35. The molecule has 1 aromatic heterocycles. The van der Waals surface area contributed by atoms with E-state index in [0.29, 0.717) is 5.16 Å². The molecule has 3 aromatic rings. The van der Waals surface area contributed by atoms with Gasteiger partial charge in [-0.05, 0) is 49.1 Å². The summed E-state index contributed by atoms with van der Waals surface area (Å²) in [6.07, 6.45) is 5.18. The van der Waals surface area contributed by atoms with Crippen LogP contribution in [-0.2, 0) is 11.8 Å². The van der Waals surface area contributed by atoms with Crippen molar-refractivity contribution in [3.05, 3.63) is 70.0 Å². The largest absolute Gasteiger partial charge is 0.497 e. The van der Waals surface area contributed by atoms with Crippen molar-refractivity contribution < 1.29 is 4.74 Å². The first-order valence-electron chi connectivity index (χ1n) is 10.6. The highest BCUT2D eigenvalue weighted by molar-refractivity contribution is 7.99. The van der Waals surface area contributed by atoms with Gasteiger partial charge in [0.15, 0.2) is 5.16 Å². The molecular weight excluding hydrogens is 406 g/mol. The normalized spacial score (nSPS) is 15.9. The minimum atomic E-state index is -0.152. The van der Waals surface area contributed by atoms with Gasteiger partial charge in [-0.1, -0.05) is 48.9 Å². The average molecular weight is 430 g/mol. The first-order chi connectivity index (χ1) is 15.2. The van der Waals surface area contributed by atoms with Crippen LogP contribution < -0.4 is 10.3 Å². The topological polar surface area (TPSA) is 67.9 Å². The summed E-state index contributed by atoms with van der Waals surface area (Å²) in [5.41, 5.74) is 4.55. The van der Waals surface area contributed by atoms with Gasteiger partial charge in [-0.25, -0.2) is 4.98 Å². The van der Waals surface area contributed by atoms with Crippen molar-refractivity contribution in [3.63, 3.8) is 0 Å². The third kappa shape index (κ3) is 3.24. The molecule has 5 rings (SSSR count). The molecule has 0 aliphatic heterocycles. The van der Waals surface area contributed by atoms with Gasteiger partial charge in [0, 0.05) is 11.0 Å². The van der Waals surface area contributed by atoms with Crippen molar-refractivity contribution >= 4 is 11.8 Å². The number of aromatic nitrogens is 2. The maximum atomic E-state index is 14.1. The van der Waals surface area contributed by atoms with Crippen LogP contribution in [0.4, 0.5) is 0 Å². The zero-order valence-electron chi connectivity index (χ0n) is 17.4. The minimum Gasteiger partial charge on any atom is -0.497 e. The van der Waals surface area contributed by atoms with E-state index < -0.39 is 0 Å². The zero-order chi connectivity index (χ0) is 21.4. The first-order valence-corrected chi connectivity index (χ1v) is 11.6. The Hall–Kier alpha value is -3.04. The molecule has 0 N–H and O–H groups in total. The van der Waals surface area contributed by atoms with E-state index in [1.54, 1.807) is 11.7 Å². The highest BCUT2D eigenvalue weighted by atomic mass is 32.2. The molecule has 1 spiro atoms. The van der Waals surface area contributed by atoms with E-state index in [2.05, 4.69) is 24.3 Å². The number of nitriles is 1. The van der Waals surface area contributed by atoms with Crippen molar-refractivity contribution in [2.24, 2.45) is 0 Å². The Morgan fingerprint density at radius 3 is 2.61 bits per heavy atom. The Kier molecular flexibility index (Phi) is 5.07. The summed E-state index contributed by atoms with van der Waals surface area (Å²) in [5.74, 6) is 0.962. The van der Waals surface area contributed by atoms with Gasteiger partial charge in [-0.3, -0.25) is 9.36 Å². The molecule has 1 heterocycles. The lowest BCUT2D eigenvalue weighted by Crippen LogP contribution is -2.40. The van der Waals surface area contributed by atoms with Crippen molar-refractivity contribution in [3.8, 4) is 28.8 Å². The molecule has 1 fully saturated rings. The van der Waals surface area contributed by atoms with Crippen LogP contribution in [0.3, 0.4) is 0 Å². The lowest BCUT2D eigenvalue weighted by atomic mass is 9.68. The van der Waals surface area contributed by atoms with Crippen molar-refractivity contribution in [1.29, 1.82) is 5.26 Å². The van der Waals surface area contributed by atoms with Crippen LogP contribution in [0.1, 0.15) is 36.8 Å². The van der Waals surface area contributed by atoms with Gasteiger partial charge in [-0.15, -0.1) is 0 Å². The number of rotatable bonds is 4. The van der Waals surface area contributed by atoms with Gasteiger partial charge < -0.3 is 4.74 Å². The van der Waals surface area contributed by atoms with E-state index in [0.717, 1.165) is 60.4 Å². The Balaban J connectivity index is 1.81. The molecular formula is C25H23N3O2S. The van der Waals surface area contributed by atoms with Gasteiger partial charge in [0.05, 0.1) is 35.9 Å². The van der Waals surface area contributed by atoms with E-state index in [1.165, 1.54) is 17.3 Å². The molecule has 156 valence electrons. The second-order valence-electron chi connectivity index (χ2n) is 8.22. The smallest absolute Gasteiger partial charge is 0.263 e. The summed E-state index contributed by atoms with van der Waals surface area (Å²) in [4.78, 5) is 19.2. The van der Waals surface area contributed by atoms with E-state index in [4.69, 9.17) is 9.72 Å². The average Bonchev–Trinajstić information content (AvgIpc) is 3.26. The maximum absolute atomic E-state index is 14.1. The number of ether oxygens (including phenoxy) is 1. The minimum absolute atomic E-state index is 0.00740. The van der Waals surface area contributed by atoms with Gasteiger partial charge in [0.1, 0.15) is 5.75 Å². The van der Waals surface area contributed by atoms with Crippen LogP contribution in [0.2, 0.25) is 0 Å². The molecule has 2 aliphatic carbocycles. The Labute approximate surface area is 185 Å². The molecule has 0 radical (unpaired) electrons. The number of thioether (sulfide) groups is 1. The lowest BCUT2D eigenvalue weighted by molar-refractivity contribution is 0.414. The summed E-state index contributed by atoms with van der Waals surface area (Å²) >= 11 is 1.30. The van der Waals surface area contributed by atoms with Crippen molar-refractivity contribution in [2.75, 3.05) is 12.9 Å². The maximum Gasteiger partial charge on any atom is 0.263 e. The molecule has 31 heavy (non-hydrogen) atoms. The number of fused-ring (bicyclic) bond motifs is 4. The monoisotopic (exact) mass is 429 g/mol. The van der Waals surface area contributed by atoms with Gasteiger partial charge in [-0.2, -0.15) is 5.26 Å². The molecule has 0 amide bonds. The summed E-state index contributed by atoms with van der Waals surface area (Å²) in [6, 6.07) is 17.9. The second kappa shape index (κ2) is 7.90. The molecule has 0 bridgehead atoms. The summed E-state index contributed by atoms with van der Waals surface area (Å²) in [7, 11) is 1.62. The number of benzene rings is 2. The van der Waals surface area contributed by atoms with E-state index in [1.807, 2.05) is 30.3 Å². The zero-order valence-corrected chi connectivity index (χ0v) is 18.2. The lowest BCUT2D eigenvalue weighted by Gasteiger charge is -2.36. The van der Waals surface area contributed by atoms with Crippen LogP contribution in [0.25, 0.3) is 16.9 Å². The molecule has 5 nitrogen and oxygen atoms in total. The van der Waals surface area contributed by atoms with Crippen LogP contribution in [0.15, 0.2) is 58.5 Å². The van der Waals surface area contributed by atoms with Crippen LogP contribution in [0, 0.1) is 11.3 Å². The van der Waals surface area contributed by atoms with Crippen molar-refractivity contribution in [1.82, 2.24) is 9.55 Å². The Morgan fingerprint density at radius 2 is 1.90 bits per heavy atom. The summed E-state index contributed by atoms with van der Waals surface area (Å²) in [6.45, 7) is 0. The third-order valence-electron chi connectivity index (χ3n) is 6.54. The Morgan fingerprint density at radius 1 is 1.16 bits per heavy atom. The molecule has 0 saturated heterocycles. The fourth-order valence-corrected chi connectivity index (χ4v) is 5.83. The highest BCUT2D eigenvalue weighted by Gasteiger charge is 2.44. The second-order valence-corrected chi connectivity index (χ2v) is 9.17. The van der Waals surface area contributed by atoms with Gasteiger partial charge in [0.2, 0.25) is 0 Å². The van der Waals surface area contributed by atoms with E-state index in [9.17, 15) is 10.1 Å². The molecule has 0 atom stereocenters. The quantitative estimate of drug-likeness (QED) is 0.436. The standard InChI is InChI=1S/C25H23N3O2S/c1-30-19-10-8-18(9-11-19)28-23(29)21-22(27-24(28)31-15-14-26)20-7-3-2-6-17(20)16-25(21)12-4-5-13-25/h2-3,6-11H,4-5,12-13,15-16H2,1H3. The molecule has 2 aromatic carbocycles. The molecule has 6 heteroatoms. The molecule has 2 aliphatic rings. The number of nitrogens with zero attached hydrogens (tertiary/aromatic N) is 3. The number of hydrogen-bond donors (Lipinski definition) is 0. The summed E-state index contributed by atoms with van der Waals surface area (Å²) < 4.78 is 6.97. The first kappa shape index (κ1) is 19.9. The SMILES string of the molecule is COc1ccc(-n2c(SCC#N)nc3c(c2=O)C2(CCCC2)Cc2ccccc2-3)cc1. The number of methoxy groups -OCH3 is 1. The number of hydrogen-bond acceptors (Lipinski definition) is 5. The van der Waals surface area contributed by atoms with Crippen LogP contribution >= 0.6 is 11.8 Å². The molecule has 0 unspecified atom stereocenters. The fraction of sp³-hybridized carbons (Fsp3) is 0.320. The predicted octanol–water partition coefficient (Wildman–Crippen LogP) is 4.89. The summed E-state index contributed by atoms with van der Waals surface area (Å²) in [5, 5.41) is 9.74. The van der Waals surface area contributed by atoms with Gasteiger partial charge >= 0.3 is 0 Å². The fourth-order valence-electron chi connectivity index (χ4n) is 5.16. The molecule has 1 saturated carbocycles. The van der Waals surface area contributed by atoms with Crippen LogP contribution in [0.5, 0.6) is 5.75 Å².